The Morgan fingerprint density at radius 1 is 1.44 bits per heavy atom. The first-order chi connectivity index (χ1) is 8.74. The Hall–Kier alpha value is -0.710. The second-order valence-corrected chi connectivity index (χ2v) is 6.50. The molecular formula is C14H15BrN2S. The predicted octanol–water partition coefficient (Wildman–Crippen LogP) is 3.96. The highest BCUT2D eigenvalue weighted by Gasteiger charge is 2.19. The zero-order valence-electron chi connectivity index (χ0n) is 10.2. The molecule has 0 spiro atoms. The summed E-state index contributed by atoms with van der Waals surface area (Å²) in [6, 6.07) is 6.37. The second-order valence-electron chi connectivity index (χ2n) is 4.73. The molecule has 18 heavy (non-hydrogen) atoms. The summed E-state index contributed by atoms with van der Waals surface area (Å²) in [5, 5.41) is 6.75. The maximum Gasteiger partial charge on any atom is 0.123 e. The van der Waals surface area contributed by atoms with Crippen molar-refractivity contribution in [2.45, 2.75) is 19.3 Å². The van der Waals surface area contributed by atoms with Crippen LogP contribution in [0.1, 0.15) is 23.6 Å². The monoisotopic (exact) mass is 322 g/mol. The van der Waals surface area contributed by atoms with E-state index in [0.717, 1.165) is 22.6 Å². The number of hydrogen-bond donors (Lipinski definition) is 1. The third kappa shape index (κ3) is 2.37. The van der Waals surface area contributed by atoms with Crippen molar-refractivity contribution < 1.29 is 0 Å². The molecule has 1 unspecified atom stereocenters. The Balaban J connectivity index is 1.94. The van der Waals surface area contributed by atoms with Crippen molar-refractivity contribution in [3.63, 3.8) is 0 Å². The molecule has 0 radical (unpaired) electrons. The molecule has 2 aromatic rings. The van der Waals surface area contributed by atoms with Gasteiger partial charge in [-0.2, -0.15) is 0 Å². The average Bonchev–Trinajstić information content (AvgIpc) is 3.00. The van der Waals surface area contributed by atoms with E-state index in [0.29, 0.717) is 5.92 Å². The van der Waals surface area contributed by atoms with Gasteiger partial charge in [-0.25, -0.2) is 4.98 Å². The normalized spacial score (nSPS) is 19.3. The average molecular weight is 323 g/mol. The molecule has 0 amide bonds. The number of aromatic nitrogens is 1. The van der Waals surface area contributed by atoms with E-state index in [1.165, 1.54) is 23.2 Å². The Labute approximate surface area is 120 Å². The first-order valence-corrected chi connectivity index (χ1v) is 7.84. The van der Waals surface area contributed by atoms with E-state index >= 15 is 0 Å². The van der Waals surface area contributed by atoms with Gasteiger partial charge in [0.05, 0.1) is 5.69 Å². The quantitative estimate of drug-likeness (QED) is 0.905. The largest absolute Gasteiger partial charge is 0.316 e. The van der Waals surface area contributed by atoms with Gasteiger partial charge < -0.3 is 5.32 Å². The van der Waals surface area contributed by atoms with Crippen LogP contribution in [0.5, 0.6) is 0 Å². The summed E-state index contributed by atoms with van der Waals surface area (Å²) >= 11 is 5.29. The topological polar surface area (TPSA) is 24.9 Å². The van der Waals surface area contributed by atoms with Gasteiger partial charge in [0.25, 0.3) is 0 Å². The summed E-state index contributed by atoms with van der Waals surface area (Å²) in [5.41, 5.74) is 3.77. The van der Waals surface area contributed by atoms with Gasteiger partial charge in [0.2, 0.25) is 0 Å². The molecule has 2 nitrogen and oxygen atoms in total. The third-order valence-electron chi connectivity index (χ3n) is 3.43. The standard InChI is InChI=1S/C14H15BrN2S/c1-9-2-3-11(15)6-12(9)14-17-13(8-18-14)10-4-5-16-7-10/h2-3,6,8,10,16H,4-5,7H2,1H3. The lowest BCUT2D eigenvalue weighted by molar-refractivity contribution is 0.742. The van der Waals surface area contributed by atoms with Crippen molar-refractivity contribution >= 4 is 27.3 Å². The van der Waals surface area contributed by atoms with E-state index in [-0.39, 0.29) is 0 Å². The number of aryl methyl sites for hydroxylation is 1. The van der Waals surface area contributed by atoms with Crippen molar-refractivity contribution in [3.05, 3.63) is 39.3 Å². The molecule has 1 aliphatic rings. The van der Waals surface area contributed by atoms with E-state index in [1.54, 1.807) is 11.3 Å². The van der Waals surface area contributed by atoms with Crippen LogP contribution >= 0.6 is 27.3 Å². The van der Waals surface area contributed by atoms with Gasteiger partial charge in [-0.1, -0.05) is 22.0 Å². The highest BCUT2D eigenvalue weighted by Crippen LogP contribution is 2.32. The van der Waals surface area contributed by atoms with Crippen molar-refractivity contribution in [1.82, 2.24) is 10.3 Å². The highest BCUT2D eigenvalue weighted by molar-refractivity contribution is 9.10. The minimum atomic E-state index is 0.599. The van der Waals surface area contributed by atoms with E-state index in [1.807, 2.05) is 0 Å². The van der Waals surface area contributed by atoms with E-state index in [4.69, 9.17) is 4.98 Å². The number of nitrogens with zero attached hydrogens (tertiary/aromatic N) is 1. The van der Waals surface area contributed by atoms with Crippen LogP contribution in [0.2, 0.25) is 0 Å². The summed E-state index contributed by atoms with van der Waals surface area (Å²) in [6.45, 7) is 4.33. The highest BCUT2D eigenvalue weighted by atomic mass is 79.9. The van der Waals surface area contributed by atoms with Gasteiger partial charge >= 0.3 is 0 Å². The third-order valence-corrected chi connectivity index (χ3v) is 4.82. The molecule has 1 fully saturated rings. The zero-order chi connectivity index (χ0) is 12.5. The number of nitrogens with one attached hydrogen (secondary N) is 1. The molecule has 4 heteroatoms. The maximum absolute atomic E-state index is 4.82. The molecule has 0 saturated carbocycles. The summed E-state index contributed by atoms with van der Waals surface area (Å²) in [7, 11) is 0. The number of rotatable bonds is 2. The van der Waals surface area contributed by atoms with Crippen LogP contribution in [0.15, 0.2) is 28.1 Å². The summed E-state index contributed by atoms with van der Waals surface area (Å²) < 4.78 is 1.11. The lowest BCUT2D eigenvalue weighted by Gasteiger charge is -2.04. The van der Waals surface area contributed by atoms with Gasteiger partial charge in [-0.15, -0.1) is 11.3 Å². The van der Waals surface area contributed by atoms with Crippen LogP contribution in [0.25, 0.3) is 10.6 Å². The van der Waals surface area contributed by atoms with Crippen LogP contribution in [0.4, 0.5) is 0 Å². The van der Waals surface area contributed by atoms with E-state index in [2.05, 4.69) is 51.7 Å². The molecule has 1 atom stereocenters. The van der Waals surface area contributed by atoms with Crippen LogP contribution in [-0.4, -0.2) is 18.1 Å². The van der Waals surface area contributed by atoms with Gasteiger partial charge in [0.1, 0.15) is 5.01 Å². The second kappa shape index (κ2) is 5.11. The van der Waals surface area contributed by atoms with Crippen LogP contribution in [0.3, 0.4) is 0 Å². The summed E-state index contributed by atoms with van der Waals surface area (Å²) in [4.78, 5) is 4.82. The fourth-order valence-corrected chi connectivity index (χ4v) is 3.67. The smallest absolute Gasteiger partial charge is 0.123 e. The van der Waals surface area contributed by atoms with Crippen molar-refractivity contribution in [2.75, 3.05) is 13.1 Å². The molecule has 0 bridgehead atoms. The summed E-state index contributed by atoms with van der Waals surface area (Å²) in [5.74, 6) is 0.599. The molecule has 1 aromatic heterocycles. The maximum atomic E-state index is 4.82. The summed E-state index contributed by atoms with van der Waals surface area (Å²) in [6.07, 6.45) is 1.21. The Morgan fingerprint density at radius 2 is 2.33 bits per heavy atom. The van der Waals surface area contributed by atoms with Crippen molar-refractivity contribution in [2.24, 2.45) is 0 Å². The van der Waals surface area contributed by atoms with Gasteiger partial charge in [0.15, 0.2) is 0 Å². The molecule has 94 valence electrons. The molecule has 2 heterocycles. The molecule has 3 rings (SSSR count). The number of hydrogen-bond acceptors (Lipinski definition) is 3. The fourth-order valence-electron chi connectivity index (χ4n) is 2.33. The van der Waals surface area contributed by atoms with Gasteiger partial charge in [-0.05, 0) is 37.6 Å². The molecule has 1 saturated heterocycles. The number of thiazole rings is 1. The SMILES string of the molecule is Cc1ccc(Br)cc1-c1nc(C2CCNC2)cs1. The zero-order valence-corrected chi connectivity index (χ0v) is 12.6. The fraction of sp³-hybridized carbons (Fsp3) is 0.357. The number of halogens is 1. The predicted molar refractivity (Wildman–Crippen MR) is 80.2 cm³/mol. The van der Waals surface area contributed by atoms with Gasteiger partial charge in [-0.3, -0.25) is 0 Å². The van der Waals surface area contributed by atoms with E-state index in [9.17, 15) is 0 Å². The molecule has 1 aliphatic heterocycles. The molecule has 0 aliphatic carbocycles. The lowest BCUT2D eigenvalue weighted by Crippen LogP contribution is -2.08. The van der Waals surface area contributed by atoms with E-state index < -0.39 is 0 Å². The van der Waals surface area contributed by atoms with Crippen molar-refractivity contribution in [1.29, 1.82) is 0 Å². The van der Waals surface area contributed by atoms with Crippen LogP contribution in [-0.2, 0) is 0 Å². The van der Waals surface area contributed by atoms with Crippen molar-refractivity contribution in [3.8, 4) is 10.6 Å². The van der Waals surface area contributed by atoms with Crippen LogP contribution < -0.4 is 5.32 Å². The number of benzene rings is 1. The first kappa shape index (κ1) is 12.3. The minimum Gasteiger partial charge on any atom is -0.316 e. The molecular weight excluding hydrogens is 308 g/mol. The Kier molecular flexibility index (Phi) is 3.50. The van der Waals surface area contributed by atoms with Crippen LogP contribution in [0, 0.1) is 6.92 Å². The lowest BCUT2D eigenvalue weighted by atomic mass is 10.1. The minimum absolute atomic E-state index is 0.599. The molecule has 1 aromatic carbocycles. The Morgan fingerprint density at radius 3 is 3.11 bits per heavy atom. The molecule has 1 N–H and O–H groups in total. The van der Waals surface area contributed by atoms with Gasteiger partial charge in [0, 0.05) is 27.9 Å². The first-order valence-electron chi connectivity index (χ1n) is 6.17. The Bertz CT molecular complexity index is 559.